The lowest BCUT2D eigenvalue weighted by atomic mass is 9.89. The third kappa shape index (κ3) is 2.55. The van der Waals surface area contributed by atoms with Gasteiger partial charge in [0.05, 0.1) is 6.04 Å². The summed E-state index contributed by atoms with van der Waals surface area (Å²) >= 11 is 0. The summed E-state index contributed by atoms with van der Waals surface area (Å²) < 4.78 is 2.48. The number of carbonyl (C=O) groups is 1. The highest BCUT2D eigenvalue weighted by Gasteiger charge is 2.37. The Morgan fingerprint density at radius 1 is 1.07 bits per heavy atom. The number of hydrogen-bond donors (Lipinski definition) is 0. The molecule has 4 heteroatoms. The van der Waals surface area contributed by atoms with Gasteiger partial charge in [-0.2, -0.15) is 0 Å². The molecule has 0 spiro atoms. The molecule has 2 aromatic carbocycles. The lowest BCUT2D eigenvalue weighted by Gasteiger charge is -2.40. The van der Waals surface area contributed by atoms with Crippen LogP contribution >= 0.6 is 0 Å². The van der Waals surface area contributed by atoms with Crippen LogP contribution < -0.4 is 4.90 Å². The molecule has 5 rings (SSSR count). The Labute approximate surface area is 166 Å². The van der Waals surface area contributed by atoms with Crippen molar-refractivity contribution in [3.63, 3.8) is 0 Å². The van der Waals surface area contributed by atoms with Crippen LogP contribution in [0.3, 0.4) is 0 Å². The summed E-state index contributed by atoms with van der Waals surface area (Å²) in [5, 5.41) is 1.39. The highest BCUT2D eigenvalue weighted by molar-refractivity contribution is 5.95. The van der Waals surface area contributed by atoms with Crippen LogP contribution in [0, 0.1) is 6.92 Å². The van der Waals surface area contributed by atoms with E-state index in [9.17, 15) is 4.79 Å². The molecule has 1 atom stereocenters. The van der Waals surface area contributed by atoms with Crippen molar-refractivity contribution in [1.29, 1.82) is 0 Å². The number of hydrogen-bond acceptors (Lipinski definition) is 2. The largest absolute Gasteiger partial charge is 0.378 e. The maximum absolute atomic E-state index is 13.4. The summed E-state index contributed by atoms with van der Waals surface area (Å²) in [7, 11) is 4.04. The molecule has 0 saturated carbocycles. The molecule has 4 nitrogen and oxygen atoms in total. The van der Waals surface area contributed by atoms with Crippen LogP contribution in [-0.4, -0.2) is 36.0 Å². The predicted octanol–water partition coefficient (Wildman–Crippen LogP) is 4.55. The van der Waals surface area contributed by atoms with Gasteiger partial charge in [0.15, 0.2) is 0 Å². The van der Waals surface area contributed by atoms with Crippen molar-refractivity contribution in [3.8, 4) is 0 Å². The molecule has 3 aromatic rings. The molecule has 0 saturated heterocycles. The van der Waals surface area contributed by atoms with Gasteiger partial charge in [-0.3, -0.25) is 4.79 Å². The first-order valence-electron chi connectivity index (χ1n) is 10.2. The fourth-order valence-corrected chi connectivity index (χ4v) is 5.03. The Balaban J connectivity index is 1.54. The number of carbonyl (C=O) groups excluding carboxylic acids is 1. The third-order valence-corrected chi connectivity index (χ3v) is 6.42. The van der Waals surface area contributed by atoms with E-state index in [0.717, 1.165) is 43.6 Å². The van der Waals surface area contributed by atoms with Gasteiger partial charge in [-0.05, 0) is 68.1 Å². The van der Waals surface area contributed by atoms with E-state index in [2.05, 4.69) is 39.5 Å². The number of nitrogens with zero attached hydrogens (tertiary/aromatic N) is 3. The zero-order valence-corrected chi connectivity index (χ0v) is 16.9. The quantitative estimate of drug-likeness (QED) is 0.659. The number of benzene rings is 2. The van der Waals surface area contributed by atoms with Crippen molar-refractivity contribution in [2.45, 2.75) is 38.8 Å². The molecule has 1 amide bonds. The van der Waals surface area contributed by atoms with Gasteiger partial charge in [0.1, 0.15) is 0 Å². The molecule has 144 valence electrons. The SMILES string of the molecule is Cc1ccc2c(c1)c1c3n2CCN(C(=O)c2ccc(N(C)C)cc2)[C@H]3CCC1. The van der Waals surface area contributed by atoms with Crippen molar-refractivity contribution < 1.29 is 4.79 Å². The summed E-state index contributed by atoms with van der Waals surface area (Å²) in [5.41, 5.74) is 7.41. The van der Waals surface area contributed by atoms with Crippen LogP contribution in [0.25, 0.3) is 10.9 Å². The van der Waals surface area contributed by atoms with Crippen molar-refractivity contribution in [2.75, 3.05) is 25.5 Å². The summed E-state index contributed by atoms with van der Waals surface area (Å²) in [6.07, 6.45) is 3.33. The van der Waals surface area contributed by atoms with E-state index in [1.165, 1.54) is 27.7 Å². The van der Waals surface area contributed by atoms with Crippen LogP contribution in [0.1, 0.15) is 46.1 Å². The number of aromatic nitrogens is 1. The second-order valence-corrected chi connectivity index (χ2v) is 8.38. The smallest absolute Gasteiger partial charge is 0.254 e. The van der Waals surface area contributed by atoms with Crippen molar-refractivity contribution >= 4 is 22.5 Å². The van der Waals surface area contributed by atoms with Crippen molar-refractivity contribution in [3.05, 3.63) is 64.8 Å². The topological polar surface area (TPSA) is 28.5 Å². The summed E-state index contributed by atoms with van der Waals surface area (Å²) in [6.45, 7) is 3.83. The highest BCUT2D eigenvalue weighted by atomic mass is 16.2. The maximum atomic E-state index is 13.4. The van der Waals surface area contributed by atoms with E-state index in [1.807, 2.05) is 38.4 Å². The highest BCUT2D eigenvalue weighted by Crippen LogP contribution is 2.43. The molecule has 1 aliphatic carbocycles. The van der Waals surface area contributed by atoms with E-state index in [1.54, 1.807) is 0 Å². The summed E-state index contributed by atoms with van der Waals surface area (Å²) in [4.78, 5) is 17.5. The van der Waals surface area contributed by atoms with Crippen molar-refractivity contribution in [2.24, 2.45) is 0 Å². The number of aryl methyl sites for hydroxylation is 2. The normalized spacial score (nSPS) is 18.2. The Hall–Kier alpha value is -2.75. The Kier molecular flexibility index (Phi) is 3.97. The van der Waals surface area contributed by atoms with E-state index in [-0.39, 0.29) is 11.9 Å². The average molecular weight is 374 g/mol. The standard InChI is InChI=1S/C24H27N3O/c1-16-7-12-21-20(15-16)19-5-4-6-22-23(19)26(21)13-14-27(22)24(28)17-8-10-18(11-9-17)25(2)3/h7-12,15,22H,4-6,13-14H2,1-3H3/t22-/m0/s1. The van der Waals surface area contributed by atoms with Gasteiger partial charge < -0.3 is 14.4 Å². The number of rotatable bonds is 2. The zero-order chi connectivity index (χ0) is 19.4. The molecule has 0 fully saturated rings. The molecule has 1 aliphatic heterocycles. The van der Waals surface area contributed by atoms with E-state index in [4.69, 9.17) is 0 Å². The van der Waals surface area contributed by atoms with Gasteiger partial charge in [-0.25, -0.2) is 0 Å². The predicted molar refractivity (Wildman–Crippen MR) is 114 cm³/mol. The number of anilines is 1. The molecule has 2 heterocycles. The molecule has 0 unspecified atom stereocenters. The molecule has 0 radical (unpaired) electrons. The molecular weight excluding hydrogens is 346 g/mol. The Morgan fingerprint density at radius 3 is 2.61 bits per heavy atom. The minimum atomic E-state index is 0.163. The van der Waals surface area contributed by atoms with Crippen molar-refractivity contribution in [1.82, 2.24) is 9.47 Å². The molecule has 0 bridgehead atoms. The molecule has 28 heavy (non-hydrogen) atoms. The second-order valence-electron chi connectivity index (χ2n) is 8.38. The van der Waals surface area contributed by atoms with E-state index in [0.29, 0.717) is 0 Å². The minimum Gasteiger partial charge on any atom is -0.378 e. The second kappa shape index (κ2) is 6.40. The van der Waals surface area contributed by atoms with Crippen LogP contribution in [0.2, 0.25) is 0 Å². The van der Waals surface area contributed by atoms with Crippen LogP contribution in [0.15, 0.2) is 42.5 Å². The molecule has 1 aromatic heterocycles. The first kappa shape index (κ1) is 17.4. The van der Waals surface area contributed by atoms with Crippen LogP contribution in [-0.2, 0) is 13.0 Å². The Bertz CT molecular complexity index is 1060. The zero-order valence-electron chi connectivity index (χ0n) is 16.9. The first-order valence-corrected chi connectivity index (χ1v) is 10.2. The number of amides is 1. The lowest BCUT2D eigenvalue weighted by molar-refractivity contribution is 0.0601. The summed E-state index contributed by atoms with van der Waals surface area (Å²) in [6, 6.07) is 15.0. The lowest BCUT2D eigenvalue weighted by Crippen LogP contribution is -2.43. The first-order chi connectivity index (χ1) is 13.5. The monoisotopic (exact) mass is 373 g/mol. The van der Waals surface area contributed by atoms with Gasteiger partial charge in [0.25, 0.3) is 5.91 Å². The fourth-order valence-electron chi connectivity index (χ4n) is 5.03. The molecule has 2 aliphatic rings. The van der Waals surface area contributed by atoms with Crippen LogP contribution in [0.5, 0.6) is 0 Å². The van der Waals surface area contributed by atoms with E-state index >= 15 is 0 Å². The third-order valence-electron chi connectivity index (χ3n) is 6.42. The molecular formula is C24H27N3O. The number of fused-ring (bicyclic) bond motifs is 3. The minimum absolute atomic E-state index is 0.163. The van der Waals surface area contributed by atoms with Gasteiger partial charge in [0, 0.05) is 55.0 Å². The fraction of sp³-hybridized carbons (Fsp3) is 0.375. The van der Waals surface area contributed by atoms with Gasteiger partial charge in [-0.1, -0.05) is 11.6 Å². The van der Waals surface area contributed by atoms with Gasteiger partial charge in [-0.15, -0.1) is 0 Å². The van der Waals surface area contributed by atoms with Crippen LogP contribution in [0.4, 0.5) is 5.69 Å². The van der Waals surface area contributed by atoms with Gasteiger partial charge >= 0.3 is 0 Å². The van der Waals surface area contributed by atoms with E-state index < -0.39 is 0 Å². The summed E-state index contributed by atoms with van der Waals surface area (Å²) in [5.74, 6) is 0.163. The Morgan fingerprint density at radius 2 is 1.86 bits per heavy atom. The maximum Gasteiger partial charge on any atom is 0.254 e. The molecule has 0 N–H and O–H groups in total. The average Bonchev–Trinajstić information content (AvgIpc) is 3.03. The van der Waals surface area contributed by atoms with Gasteiger partial charge in [0.2, 0.25) is 0 Å².